The Kier molecular flexibility index (Phi) is 7.22. The topological polar surface area (TPSA) is 84.3 Å². The molecule has 0 aliphatic carbocycles. The van der Waals surface area contributed by atoms with Crippen molar-refractivity contribution < 1.29 is 9.53 Å². The molecule has 1 aliphatic rings. The number of nitrogens with zero attached hydrogens (tertiary/aromatic N) is 4. The Balaban J connectivity index is 1.60. The van der Waals surface area contributed by atoms with E-state index >= 15 is 0 Å². The largest absolute Gasteiger partial charge is 0.375 e. The van der Waals surface area contributed by atoms with Gasteiger partial charge in [-0.1, -0.05) is 6.07 Å². The second-order valence-electron chi connectivity index (χ2n) is 9.35. The molecule has 0 radical (unpaired) electrons. The summed E-state index contributed by atoms with van der Waals surface area (Å²) in [6.07, 6.45) is 5.45. The van der Waals surface area contributed by atoms with Gasteiger partial charge in [-0.25, -0.2) is 0 Å². The molecule has 2 unspecified atom stereocenters. The summed E-state index contributed by atoms with van der Waals surface area (Å²) in [4.78, 5) is 23.2. The summed E-state index contributed by atoms with van der Waals surface area (Å²) in [6.45, 7) is 6.20. The minimum absolute atomic E-state index is 0.00169. The summed E-state index contributed by atoms with van der Waals surface area (Å²) in [5.74, 6) is -0.197. The SMILES string of the molecule is COCC(=O)Nc1ccc(N2C(=S)NC(c3ccccn3)C2c2cc(C)n(-c3cccnc3)c2C)cc1C. The molecule has 0 saturated carbocycles. The number of pyridine rings is 2. The molecule has 2 atom stereocenters. The van der Waals surface area contributed by atoms with Crippen LogP contribution >= 0.6 is 12.2 Å². The van der Waals surface area contributed by atoms with Crippen LogP contribution in [0.3, 0.4) is 0 Å². The Hall–Kier alpha value is -4.08. The molecule has 0 spiro atoms. The number of anilines is 2. The van der Waals surface area contributed by atoms with Crippen molar-refractivity contribution >= 4 is 34.6 Å². The fourth-order valence-electron chi connectivity index (χ4n) is 5.17. The molecule has 2 N–H and O–H groups in total. The molecule has 3 aromatic heterocycles. The molecule has 8 nitrogen and oxygen atoms in total. The molecule has 1 aromatic carbocycles. The Morgan fingerprint density at radius 3 is 2.61 bits per heavy atom. The summed E-state index contributed by atoms with van der Waals surface area (Å²) in [5, 5.41) is 7.06. The van der Waals surface area contributed by atoms with Crippen LogP contribution in [0.25, 0.3) is 5.69 Å². The predicted molar refractivity (Wildman–Crippen MR) is 153 cm³/mol. The van der Waals surface area contributed by atoms with Gasteiger partial charge in [-0.2, -0.15) is 0 Å². The van der Waals surface area contributed by atoms with Gasteiger partial charge in [-0.05, 0) is 92.6 Å². The number of methoxy groups -OCH3 is 1. The number of nitrogens with one attached hydrogen (secondary N) is 2. The third-order valence-corrected chi connectivity index (χ3v) is 7.14. The highest BCUT2D eigenvalue weighted by Gasteiger charge is 2.42. The van der Waals surface area contributed by atoms with Crippen LogP contribution in [0.4, 0.5) is 11.4 Å². The third kappa shape index (κ3) is 4.78. The number of amides is 1. The summed E-state index contributed by atoms with van der Waals surface area (Å²) in [7, 11) is 1.50. The average Bonchev–Trinajstić information content (AvgIpc) is 3.41. The highest BCUT2D eigenvalue weighted by Crippen LogP contribution is 2.44. The van der Waals surface area contributed by atoms with Crippen molar-refractivity contribution in [3.8, 4) is 5.69 Å². The maximum Gasteiger partial charge on any atom is 0.250 e. The number of hydrogen-bond donors (Lipinski definition) is 2. The number of aromatic nitrogens is 3. The van der Waals surface area contributed by atoms with Gasteiger partial charge >= 0.3 is 0 Å². The van der Waals surface area contributed by atoms with Gasteiger partial charge in [-0.15, -0.1) is 0 Å². The number of carbonyl (C=O) groups excluding carboxylic acids is 1. The number of hydrogen-bond acceptors (Lipinski definition) is 5. The molecule has 4 aromatic rings. The lowest BCUT2D eigenvalue weighted by Gasteiger charge is -2.29. The van der Waals surface area contributed by atoms with E-state index < -0.39 is 0 Å². The number of rotatable bonds is 7. The van der Waals surface area contributed by atoms with Crippen LogP contribution in [0.2, 0.25) is 0 Å². The van der Waals surface area contributed by atoms with Crippen molar-refractivity contribution in [2.75, 3.05) is 23.9 Å². The van der Waals surface area contributed by atoms with Crippen molar-refractivity contribution in [1.82, 2.24) is 19.9 Å². The minimum atomic E-state index is -0.197. The van der Waals surface area contributed by atoms with Crippen LogP contribution in [-0.4, -0.2) is 39.3 Å². The molecule has 0 bridgehead atoms. The summed E-state index contributed by atoms with van der Waals surface area (Å²) < 4.78 is 7.17. The standard InChI is InChI=1S/C29H30N6O2S/c1-18-14-21(10-11-24(18)32-26(36)17-37-4)35-28(27(33-29(35)38)25-9-5-6-13-31-25)23-15-19(2)34(20(23)3)22-8-7-12-30-16-22/h5-16,27-28H,17H2,1-4H3,(H,32,36)(H,33,38). The van der Waals surface area contributed by atoms with E-state index in [1.807, 2.05) is 55.6 Å². The van der Waals surface area contributed by atoms with E-state index in [9.17, 15) is 4.79 Å². The van der Waals surface area contributed by atoms with Gasteiger partial charge in [0.25, 0.3) is 0 Å². The summed E-state index contributed by atoms with van der Waals surface area (Å²) in [5.41, 5.74) is 7.87. The van der Waals surface area contributed by atoms with Crippen molar-refractivity contribution in [1.29, 1.82) is 0 Å². The smallest absolute Gasteiger partial charge is 0.250 e. The van der Waals surface area contributed by atoms with E-state index in [0.717, 1.165) is 45.3 Å². The summed E-state index contributed by atoms with van der Waals surface area (Å²) in [6, 6.07) is 17.8. The number of ether oxygens (including phenoxy) is 1. The number of thiocarbonyl (C=S) groups is 1. The lowest BCUT2D eigenvalue weighted by molar-refractivity contribution is -0.119. The molecule has 1 amide bonds. The Labute approximate surface area is 227 Å². The molecule has 9 heteroatoms. The second kappa shape index (κ2) is 10.7. The maximum atomic E-state index is 12.1. The lowest BCUT2D eigenvalue weighted by Crippen LogP contribution is -2.29. The molecule has 194 valence electrons. The zero-order valence-electron chi connectivity index (χ0n) is 21.8. The Morgan fingerprint density at radius 1 is 1.08 bits per heavy atom. The molecular weight excluding hydrogens is 496 g/mol. The molecular formula is C29H30N6O2S. The predicted octanol–water partition coefficient (Wildman–Crippen LogP) is 4.95. The van der Waals surface area contributed by atoms with Gasteiger partial charge in [0.2, 0.25) is 5.91 Å². The van der Waals surface area contributed by atoms with Crippen molar-refractivity contribution in [2.45, 2.75) is 32.9 Å². The van der Waals surface area contributed by atoms with E-state index in [1.54, 1.807) is 12.4 Å². The first-order chi connectivity index (χ1) is 18.4. The Morgan fingerprint density at radius 2 is 1.92 bits per heavy atom. The van der Waals surface area contributed by atoms with Gasteiger partial charge in [0, 0.05) is 42.3 Å². The second-order valence-corrected chi connectivity index (χ2v) is 9.74. The first-order valence-electron chi connectivity index (χ1n) is 12.4. The minimum Gasteiger partial charge on any atom is -0.375 e. The van der Waals surface area contributed by atoms with Crippen molar-refractivity contribution in [3.05, 3.63) is 101 Å². The van der Waals surface area contributed by atoms with Crippen LogP contribution in [0, 0.1) is 20.8 Å². The number of benzene rings is 1. The van der Waals surface area contributed by atoms with Crippen molar-refractivity contribution in [2.24, 2.45) is 0 Å². The van der Waals surface area contributed by atoms with E-state index in [2.05, 4.69) is 56.0 Å². The Bertz CT molecular complexity index is 1470. The lowest BCUT2D eigenvalue weighted by atomic mass is 9.96. The monoisotopic (exact) mass is 526 g/mol. The van der Waals surface area contributed by atoms with Crippen LogP contribution < -0.4 is 15.5 Å². The maximum absolute atomic E-state index is 12.1. The first kappa shape index (κ1) is 25.6. The van der Waals surface area contributed by atoms with Gasteiger partial charge in [-0.3, -0.25) is 14.8 Å². The first-order valence-corrected chi connectivity index (χ1v) is 12.8. The normalized spacial score (nSPS) is 16.9. The molecule has 1 saturated heterocycles. The van der Waals surface area contributed by atoms with Gasteiger partial charge < -0.3 is 24.8 Å². The fraction of sp³-hybridized carbons (Fsp3) is 0.241. The molecule has 1 aliphatic heterocycles. The number of carbonyl (C=O) groups is 1. The molecule has 4 heterocycles. The number of aryl methyl sites for hydroxylation is 2. The van der Waals surface area contributed by atoms with Crippen molar-refractivity contribution in [3.63, 3.8) is 0 Å². The molecule has 5 rings (SSSR count). The quantitative estimate of drug-likeness (QED) is 0.330. The highest BCUT2D eigenvalue weighted by molar-refractivity contribution is 7.80. The zero-order valence-corrected chi connectivity index (χ0v) is 22.6. The zero-order chi connectivity index (χ0) is 26.8. The summed E-state index contributed by atoms with van der Waals surface area (Å²) >= 11 is 5.92. The van der Waals surface area contributed by atoms with Gasteiger partial charge in [0.1, 0.15) is 6.61 Å². The van der Waals surface area contributed by atoms with Gasteiger partial charge in [0.15, 0.2) is 5.11 Å². The fourth-order valence-corrected chi connectivity index (χ4v) is 5.52. The van der Waals surface area contributed by atoms with E-state index in [1.165, 1.54) is 7.11 Å². The van der Waals surface area contributed by atoms with E-state index in [0.29, 0.717) is 5.11 Å². The molecule has 38 heavy (non-hydrogen) atoms. The van der Waals surface area contributed by atoms with Crippen LogP contribution in [0.1, 0.15) is 40.3 Å². The molecule has 1 fully saturated rings. The van der Waals surface area contributed by atoms with Crippen LogP contribution in [0.15, 0.2) is 73.2 Å². The third-order valence-electron chi connectivity index (χ3n) is 6.83. The van der Waals surface area contributed by atoms with Gasteiger partial charge in [0.05, 0.1) is 29.7 Å². The van der Waals surface area contributed by atoms with E-state index in [4.69, 9.17) is 17.0 Å². The highest BCUT2D eigenvalue weighted by atomic mass is 32.1. The van der Waals surface area contributed by atoms with Crippen LogP contribution in [-0.2, 0) is 9.53 Å². The van der Waals surface area contributed by atoms with Crippen LogP contribution in [0.5, 0.6) is 0 Å². The average molecular weight is 527 g/mol. The van der Waals surface area contributed by atoms with E-state index in [-0.39, 0.29) is 24.6 Å².